The van der Waals surface area contributed by atoms with Crippen LogP contribution in [0.15, 0.2) is 5.16 Å². The third-order valence-corrected chi connectivity index (χ3v) is 1.11. The standard InChI is InChI=1S/C6H12N2O2/c1-4(2)5(8-10)6(9)7-3/h4,10H,1-3H3,(H,7,9)/b8-5-. The van der Waals surface area contributed by atoms with Crippen molar-refractivity contribution in [1.82, 2.24) is 5.32 Å². The molecular weight excluding hydrogens is 132 g/mol. The predicted octanol–water partition coefficient (Wildman–Crippen LogP) is 0.219. The molecule has 4 nitrogen and oxygen atoms in total. The number of carbonyl (C=O) groups is 1. The van der Waals surface area contributed by atoms with E-state index in [1.807, 2.05) is 0 Å². The van der Waals surface area contributed by atoms with E-state index in [1.165, 1.54) is 7.05 Å². The van der Waals surface area contributed by atoms with E-state index in [0.29, 0.717) is 0 Å². The summed E-state index contributed by atoms with van der Waals surface area (Å²) in [6.07, 6.45) is 0. The Kier molecular flexibility index (Phi) is 3.46. The molecule has 0 aromatic rings. The Morgan fingerprint density at radius 2 is 2.10 bits per heavy atom. The molecule has 2 N–H and O–H groups in total. The van der Waals surface area contributed by atoms with Crippen molar-refractivity contribution < 1.29 is 10.0 Å². The van der Waals surface area contributed by atoms with Crippen molar-refractivity contribution >= 4 is 11.6 Å². The maximum atomic E-state index is 10.8. The zero-order chi connectivity index (χ0) is 8.15. The minimum absolute atomic E-state index is 0.0510. The Morgan fingerprint density at radius 1 is 1.60 bits per heavy atom. The van der Waals surface area contributed by atoms with Crippen molar-refractivity contribution in [3.63, 3.8) is 0 Å². The summed E-state index contributed by atoms with van der Waals surface area (Å²) in [5.41, 5.74) is 0.155. The number of hydrogen-bond acceptors (Lipinski definition) is 3. The maximum absolute atomic E-state index is 10.8. The lowest BCUT2D eigenvalue weighted by Gasteiger charge is -2.04. The summed E-state index contributed by atoms with van der Waals surface area (Å²) in [7, 11) is 1.50. The molecule has 0 unspecified atom stereocenters. The van der Waals surface area contributed by atoms with Crippen molar-refractivity contribution in [2.45, 2.75) is 13.8 Å². The molecule has 0 radical (unpaired) electrons. The highest BCUT2D eigenvalue weighted by atomic mass is 16.4. The largest absolute Gasteiger partial charge is 0.410 e. The lowest BCUT2D eigenvalue weighted by Crippen LogP contribution is -2.31. The summed E-state index contributed by atoms with van der Waals surface area (Å²) in [4.78, 5) is 10.8. The molecule has 0 bridgehead atoms. The van der Waals surface area contributed by atoms with Crippen LogP contribution >= 0.6 is 0 Å². The van der Waals surface area contributed by atoms with E-state index >= 15 is 0 Å². The molecule has 0 aromatic heterocycles. The van der Waals surface area contributed by atoms with E-state index in [1.54, 1.807) is 13.8 Å². The van der Waals surface area contributed by atoms with Gasteiger partial charge < -0.3 is 10.5 Å². The number of rotatable bonds is 2. The normalized spacial score (nSPS) is 11.8. The van der Waals surface area contributed by atoms with Gasteiger partial charge in [0.1, 0.15) is 5.71 Å². The number of oxime groups is 1. The van der Waals surface area contributed by atoms with Crippen LogP contribution in [-0.4, -0.2) is 23.9 Å². The fourth-order valence-electron chi connectivity index (χ4n) is 0.551. The Hall–Kier alpha value is -1.06. The van der Waals surface area contributed by atoms with Crippen LogP contribution < -0.4 is 5.32 Å². The Balaban J connectivity index is 4.24. The topological polar surface area (TPSA) is 61.7 Å². The summed E-state index contributed by atoms with van der Waals surface area (Å²) < 4.78 is 0. The van der Waals surface area contributed by atoms with Gasteiger partial charge in [0.15, 0.2) is 0 Å². The second-order valence-electron chi connectivity index (χ2n) is 2.22. The van der Waals surface area contributed by atoms with Crippen LogP contribution in [0.25, 0.3) is 0 Å². The van der Waals surface area contributed by atoms with E-state index in [-0.39, 0.29) is 17.5 Å². The van der Waals surface area contributed by atoms with Gasteiger partial charge in [-0.2, -0.15) is 0 Å². The molecule has 0 aromatic carbocycles. The van der Waals surface area contributed by atoms with Gasteiger partial charge in [-0.05, 0) is 0 Å². The third kappa shape index (κ3) is 2.05. The van der Waals surface area contributed by atoms with E-state index < -0.39 is 0 Å². The van der Waals surface area contributed by atoms with Crippen LogP contribution in [0.4, 0.5) is 0 Å². The van der Waals surface area contributed by atoms with Crippen molar-refractivity contribution in [1.29, 1.82) is 0 Å². The summed E-state index contributed by atoms with van der Waals surface area (Å²) >= 11 is 0. The highest BCUT2D eigenvalue weighted by Gasteiger charge is 2.13. The zero-order valence-corrected chi connectivity index (χ0v) is 6.38. The SMILES string of the molecule is CNC(=O)/C(=N\O)C(C)C. The Labute approximate surface area is 59.9 Å². The fraction of sp³-hybridized carbons (Fsp3) is 0.667. The van der Waals surface area contributed by atoms with E-state index in [4.69, 9.17) is 5.21 Å². The number of carbonyl (C=O) groups excluding carboxylic acids is 1. The van der Waals surface area contributed by atoms with Gasteiger partial charge in [-0.1, -0.05) is 19.0 Å². The van der Waals surface area contributed by atoms with Crippen LogP contribution in [0.1, 0.15) is 13.8 Å². The molecule has 0 atom stereocenters. The number of amides is 1. The zero-order valence-electron chi connectivity index (χ0n) is 6.38. The van der Waals surface area contributed by atoms with Crippen molar-refractivity contribution in [3.05, 3.63) is 0 Å². The third-order valence-electron chi connectivity index (χ3n) is 1.11. The molecule has 0 aliphatic carbocycles. The average molecular weight is 144 g/mol. The minimum atomic E-state index is -0.336. The van der Waals surface area contributed by atoms with Crippen molar-refractivity contribution in [2.24, 2.45) is 11.1 Å². The quantitative estimate of drug-likeness (QED) is 0.331. The molecule has 10 heavy (non-hydrogen) atoms. The molecule has 0 spiro atoms. The molecule has 0 aliphatic heterocycles. The van der Waals surface area contributed by atoms with Gasteiger partial charge in [0.25, 0.3) is 5.91 Å². The molecule has 58 valence electrons. The second-order valence-corrected chi connectivity index (χ2v) is 2.22. The maximum Gasteiger partial charge on any atom is 0.269 e. The summed E-state index contributed by atoms with van der Waals surface area (Å²) in [5, 5.41) is 13.6. The monoisotopic (exact) mass is 144 g/mol. The first-order chi connectivity index (χ1) is 4.63. The van der Waals surface area contributed by atoms with Crippen LogP contribution in [0.2, 0.25) is 0 Å². The van der Waals surface area contributed by atoms with Gasteiger partial charge in [0.2, 0.25) is 0 Å². The molecule has 0 saturated carbocycles. The van der Waals surface area contributed by atoms with Gasteiger partial charge >= 0.3 is 0 Å². The predicted molar refractivity (Wildman–Crippen MR) is 38.1 cm³/mol. The molecule has 0 aliphatic rings. The lowest BCUT2D eigenvalue weighted by atomic mass is 10.1. The summed E-state index contributed by atoms with van der Waals surface area (Å²) in [6.45, 7) is 3.56. The molecule has 4 heteroatoms. The first-order valence-corrected chi connectivity index (χ1v) is 3.07. The fourth-order valence-corrected chi connectivity index (χ4v) is 0.551. The minimum Gasteiger partial charge on any atom is -0.410 e. The first kappa shape index (κ1) is 8.94. The molecular formula is C6H12N2O2. The molecule has 0 heterocycles. The van der Waals surface area contributed by atoms with E-state index in [2.05, 4.69) is 10.5 Å². The highest BCUT2D eigenvalue weighted by Crippen LogP contribution is 1.95. The average Bonchev–Trinajstić information content (AvgIpc) is 1.88. The van der Waals surface area contributed by atoms with Crippen LogP contribution in [0, 0.1) is 5.92 Å². The first-order valence-electron chi connectivity index (χ1n) is 3.07. The van der Waals surface area contributed by atoms with Crippen molar-refractivity contribution in [2.75, 3.05) is 7.05 Å². The van der Waals surface area contributed by atoms with Crippen LogP contribution in [0.3, 0.4) is 0 Å². The Morgan fingerprint density at radius 3 is 2.20 bits per heavy atom. The summed E-state index contributed by atoms with van der Waals surface area (Å²) in [6, 6.07) is 0. The van der Waals surface area contributed by atoms with E-state index in [9.17, 15) is 4.79 Å². The number of nitrogens with one attached hydrogen (secondary N) is 1. The van der Waals surface area contributed by atoms with E-state index in [0.717, 1.165) is 0 Å². The molecule has 0 rings (SSSR count). The smallest absolute Gasteiger partial charge is 0.269 e. The second kappa shape index (κ2) is 3.87. The lowest BCUT2D eigenvalue weighted by molar-refractivity contribution is -0.114. The van der Waals surface area contributed by atoms with Gasteiger partial charge in [-0.15, -0.1) is 0 Å². The molecule has 0 saturated heterocycles. The molecule has 1 amide bonds. The van der Waals surface area contributed by atoms with Gasteiger partial charge in [-0.3, -0.25) is 4.79 Å². The summed E-state index contributed by atoms with van der Waals surface area (Å²) in [5.74, 6) is -0.387. The van der Waals surface area contributed by atoms with Gasteiger partial charge in [0, 0.05) is 13.0 Å². The van der Waals surface area contributed by atoms with Crippen LogP contribution in [-0.2, 0) is 4.79 Å². The number of hydrogen-bond donors (Lipinski definition) is 2. The van der Waals surface area contributed by atoms with Gasteiger partial charge in [-0.25, -0.2) is 0 Å². The highest BCUT2D eigenvalue weighted by molar-refractivity contribution is 6.39. The van der Waals surface area contributed by atoms with Crippen LogP contribution in [0.5, 0.6) is 0 Å². The van der Waals surface area contributed by atoms with Gasteiger partial charge in [0.05, 0.1) is 0 Å². The number of nitrogens with zero attached hydrogens (tertiary/aromatic N) is 1. The Bertz CT molecular complexity index is 152. The molecule has 0 fully saturated rings. The van der Waals surface area contributed by atoms with Crippen molar-refractivity contribution in [3.8, 4) is 0 Å².